The highest BCUT2D eigenvalue weighted by Crippen LogP contribution is 2.07. The molecule has 114 valence electrons. The van der Waals surface area contributed by atoms with Crippen LogP contribution in [0.1, 0.15) is 17.5 Å². The molecule has 0 aliphatic heterocycles. The van der Waals surface area contributed by atoms with Crippen molar-refractivity contribution in [1.82, 2.24) is 0 Å². The van der Waals surface area contributed by atoms with Crippen LogP contribution in [0, 0.1) is 6.92 Å². The minimum atomic E-state index is 0.145. The number of hydrogen-bond donors (Lipinski definition) is 1. The summed E-state index contributed by atoms with van der Waals surface area (Å²) in [5.41, 5.74) is 8.68. The van der Waals surface area contributed by atoms with Crippen LogP contribution < -0.4 is 5.73 Å². The van der Waals surface area contributed by atoms with Crippen molar-refractivity contribution in [2.24, 2.45) is 5.73 Å². The zero-order valence-corrected chi connectivity index (χ0v) is 12.6. The Labute approximate surface area is 122 Å². The number of aryl methyl sites for hydroxylation is 1. The van der Waals surface area contributed by atoms with E-state index in [9.17, 15) is 0 Å². The molecule has 0 saturated heterocycles. The number of hydrogen-bond acceptors (Lipinski definition) is 4. The first kappa shape index (κ1) is 17.1. The molecule has 0 radical (unpaired) electrons. The van der Waals surface area contributed by atoms with Gasteiger partial charge < -0.3 is 19.9 Å². The SMILES string of the molecule is COCCOCCOCCC(N)Cc1cccc(C)c1. The highest BCUT2D eigenvalue weighted by atomic mass is 16.5. The Morgan fingerprint density at radius 2 is 1.75 bits per heavy atom. The summed E-state index contributed by atoms with van der Waals surface area (Å²) in [5, 5.41) is 0. The average molecular weight is 281 g/mol. The van der Waals surface area contributed by atoms with Crippen molar-refractivity contribution in [2.75, 3.05) is 40.1 Å². The lowest BCUT2D eigenvalue weighted by Gasteiger charge is -2.12. The molecule has 0 amide bonds. The quantitative estimate of drug-likeness (QED) is 0.630. The zero-order chi connectivity index (χ0) is 14.6. The van der Waals surface area contributed by atoms with Crippen LogP contribution in [0.2, 0.25) is 0 Å². The number of nitrogens with two attached hydrogens (primary N) is 1. The number of benzene rings is 1. The van der Waals surface area contributed by atoms with Crippen LogP contribution >= 0.6 is 0 Å². The molecule has 0 aliphatic carbocycles. The Bertz CT molecular complexity index is 357. The van der Waals surface area contributed by atoms with Crippen LogP contribution in [-0.4, -0.2) is 46.2 Å². The standard InChI is InChI=1S/C16H27NO3/c1-14-4-3-5-15(12-14)13-16(17)6-7-19-10-11-20-9-8-18-2/h3-5,12,16H,6-11,13,17H2,1-2H3. The van der Waals surface area contributed by atoms with Crippen LogP contribution in [0.4, 0.5) is 0 Å². The third-order valence-corrected chi connectivity index (χ3v) is 3.02. The molecular formula is C16H27NO3. The van der Waals surface area contributed by atoms with Crippen LogP contribution in [0.15, 0.2) is 24.3 Å². The van der Waals surface area contributed by atoms with E-state index in [4.69, 9.17) is 19.9 Å². The minimum absolute atomic E-state index is 0.145. The van der Waals surface area contributed by atoms with Gasteiger partial charge in [-0.25, -0.2) is 0 Å². The fraction of sp³-hybridized carbons (Fsp3) is 0.625. The Morgan fingerprint density at radius 3 is 2.45 bits per heavy atom. The van der Waals surface area contributed by atoms with E-state index >= 15 is 0 Å². The Kier molecular flexibility index (Phi) is 9.24. The van der Waals surface area contributed by atoms with E-state index in [-0.39, 0.29) is 6.04 Å². The van der Waals surface area contributed by atoms with Crippen LogP contribution in [0.5, 0.6) is 0 Å². The van der Waals surface area contributed by atoms with Gasteiger partial charge in [-0.1, -0.05) is 29.8 Å². The molecule has 1 aromatic carbocycles. The topological polar surface area (TPSA) is 53.7 Å². The summed E-state index contributed by atoms with van der Waals surface area (Å²) in [6.07, 6.45) is 1.77. The van der Waals surface area contributed by atoms with Crippen LogP contribution in [0.25, 0.3) is 0 Å². The second kappa shape index (κ2) is 10.8. The maximum Gasteiger partial charge on any atom is 0.0701 e. The van der Waals surface area contributed by atoms with Gasteiger partial charge in [-0.3, -0.25) is 0 Å². The van der Waals surface area contributed by atoms with E-state index in [0.717, 1.165) is 12.8 Å². The summed E-state index contributed by atoms with van der Waals surface area (Å²) in [5.74, 6) is 0. The molecule has 0 saturated carbocycles. The van der Waals surface area contributed by atoms with E-state index in [2.05, 4.69) is 31.2 Å². The molecule has 0 fully saturated rings. The number of rotatable bonds is 11. The largest absolute Gasteiger partial charge is 0.382 e. The molecular weight excluding hydrogens is 254 g/mol. The lowest BCUT2D eigenvalue weighted by atomic mass is 10.0. The molecule has 20 heavy (non-hydrogen) atoms. The second-order valence-electron chi connectivity index (χ2n) is 4.96. The van der Waals surface area contributed by atoms with Gasteiger partial charge in [0.1, 0.15) is 0 Å². The second-order valence-corrected chi connectivity index (χ2v) is 4.96. The minimum Gasteiger partial charge on any atom is -0.382 e. The maximum atomic E-state index is 6.11. The van der Waals surface area contributed by atoms with Gasteiger partial charge in [0, 0.05) is 19.8 Å². The van der Waals surface area contributed by atoms with Gasteiger partial charge in [-0.15, -0.1) is 0 Å². The van der Waals surface area contributed by atoms with Crippen molar-refractivity contribution in [3.8, 4) is 0 Å². The molecule has 1 unspecified atom stereocenters. The molecule has 2 N–H and O–H groups in total. The molecule has 0 aliphatic rings. The van der Waals surface area contributed by atoms with Crippen molar-refractivity contribution in [1.29, 1.82) is 0 Å². The summed E-state index contributed by atoms with van der Waals surface area (Å²) in [6, 6.07) is 8.63. The molecule has 0 spiro atoms. The molecule has 1 rings (SSSR count). The van der Waals surface area contributed by atoms with Gasteiger partial charge in [-0.05, 0) is 25.3 Å². The Balaban J connectivity index is 2.01. The molecule has 0 aromatic heterocycles. The van der Waals surface area contributed by atoms with Crippen molar-refractivity contribution in [3.63, 3.8) is 0 Å². The summed E-state index contributed by atoms with van der Waals surface area (Å²) >= 11 is 0. The van der Waals surface area contributed by atoms with Gasteiger partial charge >= 0.3 is 0 Å². The monoisotopic (exact) mass is 281 g/mol. The van der Waals surface area contributed by atoms with E-state index in [1.54, 1.807) is 7.11 Å². The van der Waals surface area contributed by atoms with Gasteiger partial charge in [0.15, 0.2) is 0 Å². The van der Waals surface area contributed by atoms with Crippen LogP contribution in [0.3, 0.4) is 0 Å². The van der Waals surface area contributed by atoms with Crippen molar-refractivity contribution < 1.29 is 14.2 Å². The third-order valence-electron chi connectivity index (χ3n) is 3.02. The number of methoxy groups -OCH3 is 1. The molecule has 4 heteroatoms. The van der Waals surface area contributed by atoms with Crippen molar-refractivity contribution in [3.05, 3.63) is 35.4 Å². The lowest BCUT2D eigenvalue weighted by molar-refractivity contribution is 0.0234. The van der Waals surface area contributed by atoms with E-state index < -0.39 is 0 Å². The first-order valence-electron chi connectivity index (χ1n) is 7.18. The van der Waals surface area contributed by atoms with Gasteiger partial charge in [0.05, 0.1) is 26.4 Å². The Morgan fingerprint density at radius 1 is 1.05 bits per heavy atom. The summed E-state index contributed by atoms with van der Waals surface area (Å²) in [4.78, 5) is 0. The van der Waals surface area contributed by atoms with E-state index in [1.807, 2.05) is 0 Å². The van der Waals surface area contributed by atoms with Crippen molar-refractivity contribution >= 4 is 0 Å². The first-order valence-corrected chi connectivity index (χ1v) is 7.18. The summed E-state index contributed by atoms with van der Waals surface area (Å²) < 4.78 is 15.7. The highest BCUT2D eigenvalue weighted by Gasteiger charge is 2.04. The van der Waals surface area contributed by atoms with E-state index in [0.29, 0.717) is 33.0 Å². The predicted molar refractivity (Wildman–Crippen MR) is 81.0 cm³/mol. The normalized spacial score (nSPS) is 12.6. The van der Waals surface area contributed by atoms with Crippen molar-refractivity contribution in [2.45, 2.75) is 25.8 Å². The van der Waals surface area contributed by atoms with Gasteiger partial charge in [0.25, 0.3) is 0 Å². The summed E-state index contributed by atoms with van der Waals surface area (Å²) in [6.45, 7) is 5.24. The maximum absolute atomic E-state index is 6.11. The lowest BCUT2D eigenvalue weighted by Crippen LogP contribution is -2.25. The average Bonchev–Trinajstić information content (AvgIpc) is 2.42. The first-order chi connectivity index (χ1) is 9.72. The van der Waals surface area contributed by atoms with E-state index in [1.165, 1.54) is 11.1 Å². The molecule has 0 heterocycles. The summed E-state index contributed by atoms with van der Waals surface area (Å²) in [7, 11) is 1.66. The predicted octanol–water partition coefficient (Wildman–Crippen LogP) is 1.93. The molecule has 1 aromatic rings. The highest BCUT2D eigenvalue weighted by molar-refractivity contribution is 5.22. The van der Waals surface area contributed by atoms with Gasteiger partial charge in [-0.2, -0.15) is 0 Å². The molecule has 1 atom stereocenters. The van der Waals surface area contributed by atoms with Crippen LogP contribution in [-0.2, 0) is 20.6 Å². The molecule has 4 nitrogen and oxygen atoms in total. The van der Waals surface area contributed by atoms with Gasteiger partial charge in [0.2, 0.25) is 0 Å². The molecule has 0 bridgehead atoms. The fourth-order valence-electron chi connectivity index (χ4n) is 1.94. The number of ether oxygens (including phenoxy) is 3. The Hall–Kier alpha value is -0.940. The fourth-order valence-corrected chi connectivity index (χ4v) is 1.94. The zero-order valence-electron chi connectivity index (χ0n) is 12.6. The smallest absolute Gasteiger partial charge is 0.0701 e. The third kappa shape index (κ3) is 8.27.